The molecule has 0 aliphatic carbocycles. The van der Waals surface area contributed by atoms with Crippen molar-refractivity contribution in [2.45, 2.75) is 0 Å². The summed E-state index contributed by atoms with van der Waals surface area (Å²) in [5.74, 6) is -0.704. The topological polar surface area (TPSA) is 110 Å². The van der Waals surface area contributed by atoms with Crippen LogP contribution >= 0.6 is 45.9 Å². The van der Waals surface area contributed by atoms with Gasteiger partial charge in [0, 0.05) is 21.4 Å². The molecule has 2 amide bonds. The zero-order chi connectivity index (χ0) is 21.4. The molecule has 6 nitrogen and oxygen atoms in total. The van der Waals surface area contributed by atoms with E-state index in [0.29, 0.717) is 40.6 Å². The van der Waals surface area contributed by atoms with Gasteiger partial charge in [-0.2, -0.15) is 0 Å². The van der Waals surface area contributed by atoms with E-state index < -0.39 is 0 Å². The fraction of sp³-hybridized carbons (Fsp3) is 0. The molecule has 0 saturated carbocycles. The standard InChI is InChI=1S/C20H14Cl2N4O2S2/c21-9-1-5-11(6-2-9)25-18(27)16-14(23)13-15(24)17(30-20(13)29-16)19(28)26-12-7-3-10(22)4-8-12/h1-8H,23-24H2,(H,25,27)(H,26,28). The second kappa shape index (κ2) is 8.16. The van der Waals surface area contributed by atoms with Crippen LogP contribution in [0.1, 0.15) is 19.3 Å². The summed E-state index contributed by atoms with van der Waals surface area (Å²) in [4.78, 5) is 26.0. The zero-order valence-corrected chi connectivity index (χ0v) is 18.3. The van der Waals surface area contributed by atoms with Crippen LogP contribution in [0.15, 0.2) is 48.5 Å². The normalized spacial score (nSPS) is 10.9. The summed E-state index contributed by atoms with van der Waals surface area (Å²) in [5.41, 5.74) is 14.1. The predicted octanol–water partition coefficient (Wildman–Crippen LogP) is 5.94. The molecule has 0 unspecified atom stereocenters. The van der Waals surface area contributed by atoms with Gasteiger partial charge in [0.15, 0.2) is 0 Å². The fourth-order valence-electron chi connectivity index (χ4n) is 2.79. The van der Waals surface area contributed by atoms with E-state index in [1.165, 1.54) is 22.7 Å². The second-order valence-electron chi connectivity index (χ2n) is 6.27. The van der Waals surface area contributed by atoms with Crippen LogP contribution in [0, 0.1) is 0 Å². The quantitative estimate of drug-likeness (QED) is 0.292. The van der Waals surface area contributed by atoms with E-state index in [9.17, 15) is 9.59 Å². The van der Waals surface area contributed by atoms with E-state index >= 15 is 0 Å². The number of nitrogen functional groups attached to an aromatic ring is 2. The van der Waals surface area contributed by atoms with Crippen molar-refractivity contribution in [2.75, 3.05) is 22.1 Å². The molecule has 0 fully saturated rings. The smallest absolute Gasteiger partial charge is 0.267 e. The molecule has 0 atom stereocenters. The van der Waals surface area contributed by atoms with Crippen LogP contribution < -0.4 is 22.1 Å². The Morgan fingerprint density at radius 2 is 1.07 bits per heavy atom. The van der Waals surface area contributed by atoms with Crippen molar-refractivity contribution in [1.82, 2.24) is 0 Å². The molecule has 4 aromatic rings. The maximum Gasteiger partial charge on any atom is 0.267 e. The van der Waals surface area contributed by atoms with Crippen LogP contribution in [0.3, 0.4) is 0 Å². The Labute approximate surface area is 189 Å². The number of nitrogens with two attached hydrogens (primary N) is 2. The molecule has 0 saturated heterocycles. The number of carbonyl (C=O) groups is 2. The van der Waals surface area contributed by atoms with Crippen molar-refractivity contribution in [2.24, 2.45) is 0 Å². The minimum Gasteiger partial charge on any atom is -0.397 e. The number of anilines is 4. The van der Waals surface area contributed by atoms with Crippen LogP contribution in [-0.4, -0.2) is 11.8 Å². The van der Waals surface area contributed by atoms with Gasteiger partial charge in [-0.05, 0) is 48.5 Å². The molecule has 0 aliphatic heterocycles. The summed E-state index contributed by atoms with van der Waals surface area (Å²) in [5, 5.41) is 7.22. The van der Waals surface area contributed by atoms with Gasteiger partial charge in [-0.3, -0.25) is 9.59 Å². The third-order valence-corrected chi connectivity index (χ3v) is 7.24. The van der Waals surface area contributed by atoms with Crippen molar-refractivity contribution >= 4 is 89.8 Å². The van der Waals surface area contributed by atoms with Crippen LogP contribution in [0.25, 0.3) is 9.40 Å². The minimum atomic E-state index is -0.352. The molecule has 2 aromatic carbocycles. The molecule has 2 aromatic heterocycles. The Morgan fingerprint density at radius 3 is 1.40 bits per heavy atom. The van der Waals surface area contributed by atoms with Gasteiger partial charge in [-0.1, -0.05) is 23.2 Å². The number of halogens is 2. The Morgan fingerprint density at radius 1 is 0.700 bits per heavy atom. The first-order valence-corrected chi connectivity index (χ1v) is 11.0. The van der Waals surface area contributed by atoms with Gasteiger partial charge in [0.2, 0.25) is 0 Å². The third kappa shape index (κ3) is 3.95. The van der Waals surface area contributed by atoms with Gasteiger partial charge in [0.1, 0.15) is 9.75 Å². The molecule has 0 aliphatic rings. The first kappa shape index (κ1) is 20.5. The highest BCUT2D eigenvalue weighted by Gasteiger charge is 2.25. The molecular formula is C20H14Cl2N4O2S2. The average molecular weight is 477 g/mol. The first-order valence-electron chi connectivity index (χ1n) is 8.57. The molecule has 0 spiro atoms. The number of hydrogen-bond acceptors (Lipinski definition) is 6. The molecule has 30 heavy (non-hydrogen) atoms. The largest absolute Gasteiger partial charge is 0.397 e. The number of benzene rings is 2. The number of carbonyl (C=O) groups excluding carboxylic acids is 2. The van der Waals surface area contributed by atoms with E-state index in [2.05, 4.69) is 10.6 Å². The minimum absolute atomic E-state index is 0.251. The van der Waals surface area contributed by atoms with Crippen molar-refractivity contribution in [3.63, 3.8) is 0 Å². The van der Waals surface area contributed by atoms with Crippen molar-refractivity contribution in [3.8, 4) is 0 Å². The Hall–Kier alpha value is -2.78. The van der Waals surface area contributed by atoms with Crippen LogP contribution in [0.2, 0.25) is 10.0 Å². The lowest BCUT2D eigenvalue weighted by Crippen LogP contribution is -2.13. The van der Waals surface area contributed by atoms with Gasteiger partial charge < -0.3 is 22.1 Å². The van der Waals surface area contributed by atoms with Gasteiger partial charge in [-0.15, -0.1) is 22.7 Å². The van der Waals surface area contributed by atoms with Gasteiger partial charge in [-0.25, -0.2) is 0 Å². The summed E-state index contributed by atoms with van der Waals surface area (Å²) in [7, 11) is 0. The molecule has 10 heteroatoms. The van der Waals surface area contributed by atoms with Crippen LogP contribution in [-0.2, 0) is 0 Å². The number of thiophene rings is 2. The number of rotatable bonds is 4. The van der Waals surface area contributed by atoms with E-state index in [1.54, 1.807) is 48.5 Å². The number of nitrogens with one attached hydrogen (secondary N) is 2. The maximum atomic E-state index is 12.6. The molecule has 6 N–H and O–H groups in total. The van der Waals surface area contributed by atoms with Crippen molar-refractivity contribution in [1.29, 1.82) is 0 Å². The van der Waals surface area contributed by atoms with Crippen LogP contribution in [0.5, 0.6) is 0 Å². The zero-order valence-electron chi connectivity index (χ0n) is 15.2. The lowest BCUT2D eigenvalue weighted by Gasteiger charge is -2.06. The van der Waals surface area contributed by atoms with E-state index in [-0.39, 0.29) is 23.2 Å². The highest BCUT2D eigenvalue weighted by molar-refractivity contribution is 7.40. The second-order valence-corrected chi connectivity index (χ2v) is 9.45. The Kier molecular flexibility index (Phi) is 5.57. The average Bonchev–Trinajstić information content (AvgIpc) is 3.22. The summed E-state index contributed by atoms with van der Waals surface area (Å²) in [6.07, 6.45) is 0. The maximum absolute atomic E-state index is 12.6. The lowest BCUT2D eigenvalue weighted by atomic mass is 10.2. The summed E-state index contributed by atoms with van der Waals surface area (Å²) >= 11 is 14.1. The molecule has 152 valence electrons. The highest BCUT2D eigenvalue weighted by Crippen LogP contribution is 2.45. The summed E-state index contributed by atoms with van der Waals surface area (Å²) < 4.78 is 0.701. The SMILES string of the molecule is Nc1c(C(=O)Nc2ccc(Cl)cc2)sc2sc(C(=O)Nc3ccc(Cl)cc3)c(N)c12. The lowest BCUT2D eigenvalue weighted by molar-refractivity contribution is 0.102. The fourth-order valence-corrected chi connectivity index (χ4v) is 5.43. The Balaban J connectivity index is 1.59. The predicted molar refractivity (Wildman–Crippen MR) is 127 cm³/mol. The van der Waals surface area contributed by atoms with E-state index in [0.717, 1.165) is 0 Å². The van der Waals surface area contributed by atoms with Crippen molar-refractivity contribution < 1.29 is 9.59 Å². The Bertz CT molecular complexity index is 1170. The van der Waals surface area contributed by atoms with Gasteiger partial charge in [0.05, 0.1) is 20.8 Å². The van der Waals surface area contributed by atoms with Gasteiger partial charge >= 0.3 is 0 Å². The molecule has 0 bridgehead atoms. The van der Waals surface area contributed by atoms with E-state index in [4.69, 9.17) is 34.7 Å². The number of amides is 2. The number of fused-ring (bicyclic) bond motifs is 1. The molecular weight excluding hydrogens is 463 g/mol. The first-order chi connectivity index (χ1) is 14.3. The monoisotopic (exact) mass is 476 g/mol. The molecule has 0 radical (unpaired) electrons. The third-order valence-electron chi connectivity index (χ3n) is 4.24. The van der Waals surface area contributed by atoms with Crippen LogP contribution in [0.4, 0.5) is 22.7 Å². The van der Waals surface area contributed by atoms with Gasteiger partial charge in [0.25, 0.3) is 11.8 Å². The highest BCUT2D eigenvalue weighted by atomic mass is 35.5. The summed E-state index contributed by atoms with van der Waals surface area (Å²) in [6.45, 7) is 0. The van der Waals surface area contributed by atoms with E-state index in [1.807, 2.05) is 0 Å². The van der Waals surface area contributed by atoms with Crippen molar-refractivity contribution in [3.05, 3.63) is 68.3 Å². The number of hydrogen-bond donors (Lipinski definition) is 4. The molecule has 4 rings (SSSR count). The summed E-state index contributed by atoms with van der Waals surface area (Å²) in [6, 6.07) is 13.5. The molecule has 2 heterocycles.